The van der Waals surface area contributed by atoms with Crippen LogP contribution in [0.15, 0.2) is 70.7 Å². The van der Waals surface area contributed by atoms with Crippen molar-refractivity contribution in [3.8, 4) is 17.2 Å². The summed E-state index contributed by atoms with van der Waals surface area (Å²) < 4.78 is 44.2. The van der Waals surface area contributed by atoms with Gasteiger partial charge >= 0.3 is 0 Å². The molecule has 202 valence electrons. The SMILES string of the molecule is COc1cc(/C=N\NC(=O)CN(c2ccc(C(C)C)cc2)S(=O)(=O)c2ccc(C)cc2)cc(OC)c1OC. The Morgan fingerprint density at radius 1 is 0.947 bits per heavy atom. The zero-order valence-corrected chi connectivity index (χ0v) is 23.2. The minimum Gasteiger partial charge on any atom is -0.493 e. The number of sulfonamides is 1. The standard InChI is InChI=1S/C28H33N3O6S/c1-19(2)22-9-11-23(12-10-22)31(38(33,34)24-13-7-20(3)8-14-24)18-27(32)30-29-17-21-15-25(35-4)28(37-6)26(16-21)36-5/h7-17,19H,18H2,1-6H3,(H,30,32)/b29-17-. The van der Waals surface area contributed by atoms with E-state index in [1.54, 1.807) is 36.4 Å². The van der Waals surface area contributed by atoms with Crippen LogP contribution in [0, 0.1) is 6.92 Å². The van der Waals surface area contributed by atoms with Gasteiger partial charge in [0.15, 0.2) is 11.5 Å². The number of nitrogens with zero attached hydrogens (tertiary/aromatic N) is 2. The Labute approximate surface area is 224 Å². The van der Waals surface area contributed by atoms with Crippen LogP contribution >= 0.6 is 0 Å². The lowest BCUT2D eigenvalue weighted by atomic mass is 10.0. The third-order valence-electron chi connectivity index (χ3n) is 5.83. The van der Waals surface area contributed by atoms with Crippen LogP contribution in [0.3, 0.4) is 0 Å². The summed E-state index contributed by atoms with van der Waals surface area (Å²) in [5, 5.41) is 4.00. The molecule has 0 fully saturated rings. The molecular formula is C28H33N3O6S. The van der Waals surface area contributed by atoms with E-state index in [0.29, 0.717) is 28.5 Å². The third kappa shape index (κ3) is 6.63. The highest BCUT2D eigenvalue weighted by Crippen LogP contribution is 2.37. The lowest BCUT2D eigenvalue weighted by Crippen LogP contribution is -2.39. The molecule has 0 bridgehead atoms. The first kappa shape index (κ1) is 28.5. The summed E-state index contributed by atoms with van der Waals surface area (Å²) in [4.78, 5) is 13.0. The number of carbonyl (C=O) groups excluding carboxylic acids is 1. The monoisotopic (exact) mass is 539 g/mol. The number of hydrazone groups is 1. The van der Waals surface area contributed by atoms with Crippen molar-refractivity contribution < 1.29 is 27.4 Å². The van der Waals surface area contributed by atoms with E-state index < -0.39 is 22.5 Å². The van der Waals surface area contributed by atoms with Gasteiger partial charge in [0.25, 0.3) is 15.9 Å². The van der Waals surface area contributed by atoms with E-state index in [1.165, 1.54) is 39.7 Å². The first-order valence-corrected chi connectivity index (χ1v) is 13.4. The molecule has 0 spiro atoms. The molecule has 0 saturated heterocycles. The first-order valence-electron chi connectivity index (χ1n) is 11.9. The summed E-state index contributed by atoms with van der Waals surface area (Å²) in [6, 6.07) is 16.9. The van der Waals surface area contributed by atoms with Crippen molar-refractivity contribution in [3.63, 3.8) is 0 Å². The fourth-order valence-electron chi connectivity index (χ4n) is 3.70. The Balaban J connectivity index is 1.86. The van der Waals surface area contributed by atoms with E-state index >= 15 is 0 Å². The second-order valence-electron chi connectivity index (χ2n) is 8.82. The van der Waals surface area contributed by atoms with Crippen LogP contribution in [0.1, 0.15) is 36.5 Å². The number of aryl methyl sites for hydroxylation is 1. The van der Waals surface area contributed by atoms with E-state index in [-0.39, 0.29) is 10.8 Å². The maximum Gasteiger partial charge on any atom is 0.264 e. The predicted molar refractivity (Wildman–Crippen MR) is 148 cm³/mol. The highest BCUT2D eigenvalue weighted by Gasteiger charge is 2.27. The number of benzene rings is 3. The fraction of sp³-hybridized carbons (Fsp3) is 0.286. The Bertz CT molecular complexity index is 1360. The van der Waals surface area contributed by atoms with Crippen molar-refractivity contribution in [2.24, 2.45) is 5.10 Å². The van der Waals surface area contributed by atoms with Gasteiger partial charge in [-0.2, -0.15) is 5.10 Å². The van der Waals surface area contributed by atoms with Gasteiger partial charge in [-0.25, -0.2) is 13.8 Å². The van der Waals surface area contributed by atoms with Crippen molar-refractivity contribution in [1.82, 2.24) is 5.43 Å². The molecule has 0 aliphatic heterocycles. The second-order valence-corrected chi connectivity index (χ2v) is 10.7. The van der Waals surface area contributed by atoms with E-state index in [0.717, 1.165) is 15.4 Å². The van der Waals surface area contributed by atoms with Crippen molar-refractivity contribution >= 4 is 27.8 Å². The molecule has 0 aliphatic carbocycles. The largest absolute Gasteiger partial charge is 0.493 e. The van der Waals surface area contributed by atoms with Crippen LogP contribution in [0.2, 0.25) is 0 Å². The highest BCUT2D eigenvalue weighted by atomic mass is 32.2. The van der Waals surface area contributed by atoms with Crippen LogP contribution in [-0.4, -0.2) is 48.4 Å². The van der Waals surface area contributed by atoms with Gasteiger partial charge in [0.05, 0.1) is 38.1 Å². The van der Waals surface area contributed by atoms with Gasteiger partial charge in [-0.1, -0.05) is 43.7 Å². The lowest BCUT2D eigenvalue weighted by Gasteiger charge is -2.24. The van der Waals surface area contributed by atoms with Crippen LogP contribution in [-0.2, 0) is 14.8 Å². The Kier molecular flexibility index (Phi) is 9.35. The van der Waals surface area contributed by atoms with Gasteiger partial charge in [0, 0.05) is 5.56 Å². The third-order valence-corrected chi connectivity index (χ3v) is 7.62. The average molecular weight is 540 g/mol. The summed E-state index contributed by atoms with van der Waals surface area (Å²) in [5.74, 6) is 0.952. The van der Waals surface area contributed by atoms with Crippen molar-refractivity contribution in [3.05, 3.63) is 77.4 Å². The number of hydrogen-bond donors (Lipinski definition) is 1. The van der Waals surface area contributed by atoms with Gasteiger partial charge in [-0.05, 0) is 54.8 Å². The summed E-state index contributed by atoms with van der Waals surface area (Å²) in [7, 11) is 0.466. The summed E-state index contributed by atoms with van der Waals surface area (Å²) in [6.07, 6.45) is 1.40. The molecular weight excluding hydrogens is 506 g/mol. The molecule has 3 aromatic carbocycles. The number of rotatable bonds is 11. The fourth-order valence-corrected chi connectivity index (χ4v) is 5.12. The Hall–Kier alpha value is -4.05. The Morgan fingerprint density at radius 2 is 1.53 bits per heavy atom. The smallest absolute Gasteiger partial charge is 0.264 e. The van der Waals surface area contributed by atoms with Crippen LogP contribution in [0.25, 0.3) is 0 Å². The van der Waals surface area contributed by atoms with E-state index in [1.807, 2.05) is 19.1 Å². The number of anilines is 1. The van der Waals surface area contributed by atoms with Crippen molar-refractivity contribution in [2.45, 2.75) is 31.6 Å². The number of ether oxygens (including phenoxy) is 3. The molecule has 1 amide bonds. The van der Waals surface area contributed by atoms with Crippen molar-refractivity contribution in [2.75, 3.05) is 32.2 Å². The van der Waals surface area contributed by atoms with Crippen molar-refractivity contribution in [1.29, 1.82) is 0 Å². The van der Waals surface area contributed by atoms with Crippen LogP contribution < -0.4 is 23.9 Å². The molecule has 0 saturated carbocycles. The molecule has 0 atom stereocenters. The van der Waals surface area contributed by atoms with Crippen LogP contribution in [0.5, 0.6) is 17.2 Å². The number of carbonyl (C=O) groups is 1. The van der Waals surface area contributed by atoms with Gasteiger partial charge < -0.3 is 14.2 Å². The average Bonchev–Trinajstić information content (AvgIpc) is 2.91. The molecule has 38 heavy (non-hydrogen) atoms. The summed E-state index contributed by atoms with van der Waals surface area (Å²) in [5.41, 5.74) is 5.34. The number of amides is 1. The van der Waals surface area contributed by atoms with Gasteiger partial charge in [-0.15, -0.1) is 0 Å². The minimum atomic E-state index is -4.03. The minimum absolute atomic E-state index is 0.0877. The normalized spacial score (nSPS) is 11.4. The predicted octanol–water partition coefficient (Wildman–Crippen LogP) is 4.49. The Morgan fingerprint density at radius 3 is 2.03 bits per heavy atom. The maximum absolute atomic E-state index is 13.6. The molecule has 0 aliphatic rings. The summed E-state index contributed by atoms with van der Waals surface area (Å²) >= 11 is 0. The van der Waals surface area contributed by atoms with Gasteiger partial charge in [0.1, 0.15) is 6.54 Å². The molecule has 10 heteroatoms. The van der Waals surface area contributed by atoms with Gasteiger partial charge in [0.2, 0.25) is 5.75 Å². The number of hydrogen-bond acceptors (Lipinski definition) is 7. The molecule has 0 radical (unpaired) electrons. The zero-order chi connectivity index (χ0) is 27.9. The highest BCUT2D eigenvalue weighted by molar-refractivity contribution is 7.92. The molecule has 0 aromatic heterocycles. The zero-order valence-electron chi connectivity index (χ0n) is 22.4. The van der Waals surface area contributed by atoms with E-state index in [2.05, 4.69) is 24.4 Å². The molecule has 0 heterocycles. The number of nitrogens with one attached hydrogen (secondary N) is 1. The van der Waals surface area contributed by atoms with E-state index in [9.17, 15) is 13.2 Å². The number of methoxy groups -OCH3 is 3. The molecule has 0 unspecified atom stereocenters. The maximum atomic E-state index is 13.6. The van der Waals surface area contributed by atoms with Gasteiger partial charge in [-0.3, -0.25) is 9.10 Å². The molecule has 3 rings (SSSR count). The molecule has 1 N–H and O–H groups in total. The van der Waals surface area contributed by atoms with Crippen LogP contribution in [0.4, 0.5) is 5.69 Å². The van der Waals surface area contributed by atoms with E-state index in [4.69, 9.17) is 14.2 Å². The first-order chi connectivity index (χ1) is 18.1. The molecule has 9 nitrogen and oxygen atoms in total. The lowest BCUT2D eigenvalue weighted by molar-refractivity contribution is -0.119. The second kappa shape index (κ2) is 12.5. The summed E-state index contributed by atoms with van der Waals surface area (Å²) in [6.45, 7) is 5.51. The molecule has 3 aromatic rings. The topological polar surface area (TPSA) is 107 Å². The quantitative estimate of drug-likeness (QED) is 0.284.